The Morgan fingerprint density at radius 3 is 3.00 bits per heavy atom. The predicted octanol–water partition coefficient (Wildman–Crippen LogP) is 1.68. The minimum Gasteiger partial charge on any atom is -0.312 e. The lowest BCUT2D eigenvalue weighted by Crippen LogP contribution is -2.32. The average molecular weight is 176 g/mol. The van der Waals surface area contributed by atoms with Crippen LogP contribution in [0, 0.1) is 29.1 Å². The van der Waals surface area contributed by atoms with Crippen LogP contribution in [0.15, 0.2) is 0 Å². The number of rotatable bonds is 3. The van der Waals surface area contributed by atoms with Crippen LogP contribution < -0.4 is 5.32 Å². The third kappa shape index (κ3) is 3.09. The predicted molar refractivity (Wildman–Crippen MR) is 52.8 cm³/mol. The summed E-state index contributed by atoms with van der Waals surface area (Å²) in [6.07, 6.45) is 4.30. The molecule has 0 amide bonds. The number of nitrogens with zero attached hydrogens (tertiary/aromatic N) is 1. The van der Waals surface area contributed by atoms with Crippen molar-refractivity contribution >= 4 is 0 Å². The molecule has 0 aromatic heterocycles. The van der Waals surface area contributed by atoms with Gasteiger partial charge in [-0.25, -0.2) is 0 Å². The summed E-state index contributed by atoms with van der Waals surface area (Å²) in [5.74, 6) is 6.10. The molecule has 0 saturated heterocycles. The number of nitriles is 1. The zero-order valence-electron chi connectivity index (χ0n) is 8.14. The van der Waals surface area contributed by atoms with E-state index in [0.717, 1.165) is 25.8 Å². The van der Waals surface area contributed by atoms with Crippen molar-refractivity contribution in [3.05, 3.63) is 0 Å². The standard InChI is InChI=1S/C11H16N2/c1-2-3-4-8-13-11-7-5-6-10(11)9-12/h10-11,13H,4-8H2,1H3. The lowest BCUT2D eigenvalue weighted by Gasteiger charge is -2.13. The maximum absolute atomic E-state index is 8.82. The van der Waals surface area contributed by atoms with E-state index in [1.165, 1.54) is 6.42 Å². The molecule has 1 rings (SSSR count). The fraction of sp³-hybridized carbons (Fsp3) is 0.727. The van der Waals surface area contributed by atoms with E-state index in [1.54, 1.807) is 0 Å². The zero-order valence-corrected chi connectivity index (χ0v) is 8.14. The summed E-state index contributed by atoms with van der Waals surface area (Å²) in [6.45, 7) is 2.78. The Morgan fingerprint density at radius 1 is 1.46 bits per heavy atom. The Labute approximate surface area is 80.3 Å². The van der Waals surface area contributed by atoms with Crippen LogP contribution in [0.1, 0.15) is 32.6 Å². The van der Waals surface area contributed by atoms with E-state index >= 15 is 0 Å². The van der Waals surface area contributed by atoms with Gasteiger partial charge in [0, 0.05) is 19.0 Å². The van der Waals surface area contributed by atoms with Crippen LogP contribution in [-0.2, 0) is 0 Å². The Bertz CT molecular complexity index is 241. The lowest BCUT2D eigenvalue weighted by atomic mass is 10.1. The highest BCUT2D eigenvalue weighted by molar-refractivity contribution is 4.98. The Hall–Kier alpha value is -0.990. The summed E-state index contributed by atoms with van der Waals surface area (Å²) in [7, 11) is 0. The second-order valence-corrected chi connectivity index (χ2v) is 3.40. The van der Waals surface area contributed by atoms with Crippen LogP contribution >= 0.6 is 0 Å². The molecule has 1 fully saturated rings. The van der Waals surface area contributed by atoms with Crippen LogP contribution in [0.2, 0.25) is 0 Å². The topological polar surface area (TPSA) is 35.8 Å². The van der Waals surface area contributed by atoms with E-state index in [0.29, 0.717) is 6.04 Å². The van der Waals surface area contributed by atoms with Crippen LogP contribution in [-0.4, -0.2) is 12.6 Å². The van der Waals surface area contributed by atoms with Gasteiger partial charge in [-0.1, -0.05) is 6.42 Å². The van der Waals surface area contributed by atoms with Gasteiger partial charge in [-0.15, -0.1) is 11.8 Å². The van der Waals surface area contributed by atoms with Crippen LogP contribution in [0.3, 0.4) is 0 Å². The van der Waals surface area contributed by atoms with Gasteiger partial charge < -0.3 is 5.32 Å². The van der Waals surface area contributed by atoms with E-state index in [2.05, 4.69) is 23.2 Å². The molecule has 0 aromatic rings. The van der Waals surface area contributed by atoms with Gasteiger partial charge in [0.25, 0.3) is 0 Å². The second-order valence-electron chi connectivity index (χ2n) is 3.40. The lowest BCUT2D eigenvalue weighted by molar-refractivity contribution is 0.472. The molecule has 0 heterocycles. The molecule has 1 N–H and O–H groups in total. The van der Waals surface area contributed by atoms with Crippen molar-refractivity contribution < 1.29 is 0 Å². The maximum atomic E-state index is 8.82. The normalized spacial score (nSPS) is 26.2. The van der Waals surface area contributed by atoms with Crippen molar-refractivity contribution in [3.63, 3.8) is 0 Å². The minimum atomic E-state index is 0.231. The first kappa shape index (κ1) is 10.1. The van der Waals surface area contributed by atoms with Crippen LogP contribution in [0.5, 0.6) is 0 Å². The molecule has 2 heteroatoms. The molecule has 2 unspecified atom stereocenters. The molecule has 2 nitrogen and oxygen atoms in total. The molecular weight excluding hydrogens is 160 g/mol. The highest BCUT2D eigenvalue weighted by Gasteiger charge is 2.25. The molecule has 1 saturated carbocycles. The smallest absolute Gasteiger partial charge is 0.0672 e. The van der Waals surface area contributed by atoms with Gasteiger partial charge in [-0.05, 0) is 19.8 Å². The van der Waals surface area contributed by atoms with E-state index in [9.17, 15) is 0 Å². The van der Waals surface area contributed by atoms with Gasteiger partial charge in [-0.3, -0.25) is 0 Å². The Balaban J connectivity index is 2.20. The van der Waals surface area contributed by atoms with E-state index in [1.807, 2.05) is 6.92 Å². The van der Waals surface area contributed by atoms with Crippen molar-refractivity contribution in [2.24, 2.45) is 5.92 Å². The van der Waals surface area contributed by atoms with Crippen molar-refractivity contribution in [1.29, 1.82) is 5.26 Å². The fourth-order valence-electron chi connectivity index (χ4n) is 1.80. The summed E-state index contributed by atoms with van der Waals surface area (Å²) >= 11 is 0. The molecule has 1 aliphatic carbocycles. The number of nitrogens with one attached hydrogen (secondary N) is 1. The summed E-state index contributed by atoms with van der Waals surface area (Å²) in [5.41, 5.74) is 0. The van der Waals surface area contributed by atoms with Gasteiger partial charge in [0.1, 0.15) is 0 Å². The van der Waals surface area contributed by atoms with E-state index in [4.69, 9.17) is 5.26 Å². The monoisotopic (exact) mass is 176 g/mol. The average Bonchev–Trinajstić information content (AvgIpc) is 2.60. The van der Waals surface area contributed by atoms with Crippen LogP contribution in [0.4, 0.5) is 0 Å². The first-order chi connectivity index (χ1) is 6.38. The largest absolute Gasteiger partial charge is 0.312 e. The molecule has 2 atom stereocenters. The fourth-order valence-corrected chi connectivity index (χ4v) is 1.80. The molecule has 0 aliphatic heterocycles. The van der Waals surface area contributed by atoms with Gasteiger partial charge >= 0.3 is 0 Å². The summed E-state index contributed by atoms with van der Waals surface area (Å²) in [4.78, 5) is 0. The SMILES string of the molecule is CC#CCCNC1CCCC1C#N. The molecule has 0 spiro atoms. The first-order valence-electron chi connectivity index (χ1n) is 4.91. The maximum Gasteiger partial charge on any atom is 0.0672 e. The zero-order chi connectivity index (χ0) is 9.52. The molecule has 13 heavy (non-hydrogen) atoms. The first-order valence-corrected chi connectivity index (χ1v) is 4.91. The summed E-state index contributed by atoms with van der Waals surface area (Å²) in [5, 5.41) is 12.2. The third-order valence-electron chi connectivity index (χ3n) is 2.52. The van der Waals surface area contributed by atoms with Crippen LogP contribution in [0.25, 0.3) is 0 Å². The third-order valence-corrected chi connectivity index (χ3v) is 2.52. The van der Waals surface area contributed by atoms with Gasteiger partial charge in [0.2, 0.25) is 0 Å². The van der Waals surface area contributed by atoms with E-state index < -0.39 is 0 Å². The molecule has 1 aliphatic rings. The number of hydrogen-bond acceptors (Lipinski definition) is 2. The highest BCUT2D eigenvalue weighted by atomic mass is 14.9. The number of hydrogen-bond donors (Lipinski definition) is 1. The molecule has 0 bridgehead atoms. The van der Waals surface area contributed by atoms with Gasteiger partial charge in [0.05, 0.1) is 12.0 Å². The molecule has 0 radical (unpaired) electrons. The molecule has 0 aromatic carbocycles. The Morgan fingerprint density at radius 2 is 2.31 bits per heavy atom. The van der Waals surface area contributed by atoms with E-state index in [-0.39, 0.29) is 5.92 Å². The second kappa shape index (κ2) is 5.62. The van der Waals surface area contributed by atoms with Gasteiger partial charge in [-0.2, -0.15) is 5.26 Å². The Kier molecular flexibility index (Phi) is 4.36. The summed E-state index contributed by atoms with van der Waals surface area (Å²) < 4.78 is 0. The van der Waals surface area contributed by atoms with Crippen molar-refractivity contribution in [3.8, 4) is 17.9 Å². The van der Waals surface area contributed by atoms with Crippen molar-refractivity contribution in [2.45, 2.75) is 38.6 Å². The minimum absolute atomic E-state index is 0.231. The highest BCUT2D eigenvalue weighted by Crippen LogP contribution is 2.24. The quantitative estimate of drug-likeness (QED) is 0.524. The molecular formula is C11H16N2. The van der Waals surface area contributed by atoms with Gasteiger partial charge in [0.15, 0.2) is 0 Å². The molecule has 70 valence electrons. The van der Waals surface area contributed by atoms with Crippen molar-refractivity contribution in [1.82, 2.24) is 5.32 Å². The summed E-state index contributed by atoms with van der Waals surface area (Å²) in [6, 6.07) is 2.78. The van der Waals surface area contributed by atoms with Crippen molar-refractivity contribution in [2.75, 3.05) is 6.54 Å².